The van der Waals surface area contributed by atoms with Crippen LogP contribution in [0.15, 0.2) is 60.3 Å². The van der Waals surface area contributed by atoms with Crippen molar-refractivity contribution in [2.75, 3.05) is 37.1 Å². The van der Waals surface area contributed by atoms with Crippen LogP contribution in [-0.2, 0) is 14.3 Å². The summed E-state index contributed by atoms with van der Waals surface area (Å²) in [5.74, 6) is -0.133. The lowest BCUT2D eigenvalue weighted by molar-refractivity contribution is -0.120. The van der Waals surface area contributed by atoms with Gasteiger partial charge in [0.25, 0.3) is 11.8 Å². The number of hydrogen-bond acceptors (Lipinski definition) is 4. The molecule has 29 heavy (non-hydrogen) atoms. The Morgan fingerprint density at radius 3 is 2.52 bits per heavy atom. The predicted molar refractivity (Wildman–Crippen MR) is 113 cm³/mol. The quantitative estimate of drug-likeness (QED) is 0.466. The van der Waals surface area contributed by atoms with Gasteiger partial charge in [0.05, 0.1) is 18.0 Å². The first-order valence-corrected chi connectivity index (χ1v) is 9.86. The molecule has 0 aromatic heterocycles. The Labute approximate surface area is 170 Å². The smallest absolute Gasteiger partial charge is 0.269 e. The second kappa shape index (κ2) is 8.09. The number of ether oxygens (including phenoxy) is 1. The molecule has 4 rings (SSSR count). The number of rotatable bonds is 6. The maximum absolute atomic E-state index is 13.6. The van der Waals surface area contributed by atoms with Crippen LogP contribution in [0.4, 0.5) is 17.1 Å². The van der Waals surface area contributed by atoms with E-state index in [9.17, 15) is 9.59 Å². The van der Waals surface area contributed by atoms with Crippen molar-refractivity contribution in [3.05, 3.63) is 65.9 Å². The van der Waals surface area contributed by atoms with Gasteiger partial charge in [-0.2, -0.15) is 0 Å². The average Bonchev–Trinajstić information content (AvgIpc) is 3.59. The second-order valence-corrected chi connectivity index (χ2v) is 7.37. The number of nitrogens with one attached hydrogen (secondary N) is 1. The van der Waals surface area contributed by atoms with Crippen molar-refractivity contribution in [3.63, 3.8) is 0 Å². The topological polar surface area (TPSA) is 61.9 Å². The van der Waals surface area contributed by atoms with Crippen LogP contribution < -0.4 is 15.1 Å². The van der Waals surface area contributed by atoms with Crippen molar-refractivity contribution in [2.45, 2.75) is 18.8 Å². The minimum absolute atomic E-state index is 0.0941. The van der Waals surface area contributed by atoms with Gasteiger partial charge in [-0.15, -0.1) is 0 Å². The summed E-state index contributed by atoms with van der Waals surface area (Å²) < 4.78 is 5.03. The fourth-order valence-corrected chi connectivity index (χ4v) is 3.58. The average molecular weight is 391 g/mol. The van der Waals surface area contributed by atoms with E-state index in [0.29, 0.717) is 19.1 Å². The third-order valence-corrected chi connectivity index (χ3v) is 5.33. The molecule has 2 amide bonds. The van der Waals surface area contributed by atoms with Gasteiger partial charge in [-0.05, 0) is 48.6 Å². The number of likely N-dealkylation sites (N-methyl/N-ethyl adjacent to an activating group) is 1. The van der Waals surface area contributed by atoms with Crippen LogP contribution in [0.25, 0.3) is 0 Å². The lowest BCUT2D eigenvalue weighted by Crippen LogP contribution is -2.33. The number of anilines is 3. The number of carbonyl (C=O) groups excluding carboxylic acids is 2. The zero-order valence-corrected chi connectivity index (χ0v) is 16.7. The zero-order chi connectivity index (χ0) is 20.4. The molecule has 2 aromatic rings. The summed E-state index contributed by atoms with van der Waals surface area (Å²) in [4.78, 5) is 29.9. The Bertz CT molecular complexity index is 951. The van der Waals surface area contributed by atoms with E-state index < -0.39 is 0 Å². The van der Waals surface area contributed by atoms with E-state index in [1.165, 1.54) is 24.6 Å². The molecular formula is C23H25N3O3. The normalized spacial score (nSPS) is 18.1. The van der Waals surface area contributed by atoms with E-state index >= 15 is 0 Å². The van der Waals surface area contributed by atoms with E-state index in [0.717, 1.165) is 17.1 Å². The Kier molecular flexibility index (Phi) is 5.36. The number of benzene rings is 2. The van der Waals surface area contributed by atoms with Crippen LogP contribution in [0.5, 0.6) is 0 Å². The highest BCUT2D eigenvalue weighted by molar-refractivity contribution is 6.32. The number of methoxy groups -OCH3 is 1. The predicted octanol–water partition coefficient (Wildman–Crippen LogP) is 3.33. The van der Waals surface area contributed by atoms with Gasteiger partial charge in [-0.3, -0.25) is 14.5 Å². The minimum atomic E-state index is -0.343. The van der Waals surface area contributed by atoms with Gasteiger partial charge in [0.2, 0.25) is 0 Å². The maximum atomic E-state index is 13.6. The summed E-state index contributed by atoms with van der Waals surface area (Å²) >= 11 is 0. The molecule has 1 aliphatic heterocycles. The number of fused-ring (bicyclic) bond motifs is 1. The van der Waals surface area contributed by atoms with Crippen LogP contribution in [0.3, 0.4) is 0 Å². The molecule has 6 nitrogen and oxygen atoms in total. The van der Waals surface area contributed by atoms with E-state index in [4.69, 9.17) is 4.74 Å². The largest absolute Gasteiger partial charge is 0.388 e. The molecule has 0 saturated heterocycles. The monoisotopic (exact) mass is 391 g/mol. The first-order valence-electron chi connectivity index (χ1n) is 9.86. The first-order chi connectivity index (χ1) is 14.1. The van der Waals surface area contributed by atoms with Crippen molar-refractivity contribution in [3.8, 4) is 0 Å². The molecule has 1 heterocycles. The first kappa shape index (κ1) is 19.2. The Hall–Kier alpha value is -3.12. The molecular weight excluding hydrogens is 366 g/mol. The van der Waals surface area contributed by atoms with Crippen LogP contribution in [0.2, 0.25) is 0 Å². The molecule has 150 valence electrons. The summed E-state index contributed by atoms with van der Waals surface area (Å²) in [6, 6.07) is 15.5. The van der Waals surface area contributed by atoms with Gasteiger partial charge in [-0.1, -0.05) is 24.3 Å². The molecule has 2 aliphatic rings. The summed E-state index contributed by atoms with van der Waals surface area (Å²) in [6.45, 7) is 0.990. The van der Waals surface area contributed by atoms with E-state index in [1.807, 2.05) is 36.4 Å². The molecule has 1 N–H and O–H groups in total. The van der Waals surface area contributed by atoms with Crippen molar-refractivity contribution in [1.82, 2.24) is 5.32 Å². The highest BCUT2D eigenvalue weighted by Crippen LogP contribution is 2.45. The van der Waals surface area contributed by atoms with Crippen LogP contribution >= 0.6 is 0 Å². The SMILES string of the molecule is COCCN/C=C1\C(=O)N(C)c2ccc(C3CC3)cc2N(c2ccccc2)C1=O. The number of hydrogen-bond donors (Lipinski definition) is 1. The van der Waals surface area contributed by atoms with E-state index in [2.05, 4.69) is 17.4 Å². The molecule has 1 fully saturated rings. The minimum Gasteiger partial charge on any atom is -0.388 e. The summed E-state index contributed by atoms with van der Waals surface area (Å²) in [7, 11) is 3.32. The van der Waals surface area contributed by atoms with Gasteiger partial charge in [0.1, 0.15) is 5.57 Å². The maximum Gasteiger partial charge on any atom is 0.269 e. The molecule has 0 unspecified atom stereocenters. The Morgan fingerprint density at radius 1 is 1.07 bits per heavy atom. The molecule has 2 aromatic carbocycles. The fourth-order valence-electron chi connectivity index (χ4n) is 3.58. The van der Waals surface area contributed by atoms with Gasteiger partial charge < -0.3 is 15.0 Å². The Morgan fingerprint density at radius 2 is 1.83 bits per heavy atom. The molecule has 0 radical (unpaired) electrons. The number of amides is 2. The second-order valence-electron chi connectivity index (χ2n) is 7.37. The summed E-state index contributed by atoms with van der Waals surface area (Å²) in [5, 5.41) is 3.02. The summed E-state index contributed by atoms with van der Waals surface area (Å²) in [5.41, 5.74) is 3.50. The van der Waals surface area contributed by atoms with Gasteiger partial charge >= 0.3 is 0 Å². The third kappa shape index (κ3) is 3.76. The molecule has 0 spiro atoms. The van der Waals surface area contributed by atoms with Gasteiger partial charge in [0, 0.05) is 32.6 Å². The molecule has 1 saturated carbocycles. The van der Waals surface area contributed by atoms with E-state index in [1.54, 1.807) is 24.0 Å². The summed E-state index contributed by atoms with van der Waals surface area (Å²) in [6.07, 6.45) is 3.84. The van der Waals surface area contributed by atoms with Crippen molar-refractivity contribution in [2.24, 2.45) is 0 Å². The van der Waals surface area contributed by atoms with Crippen LogP contribution in [0, 0.1) is 0 Å². The molecule has 0 atom stereocenters. The van der Waals surface area contributed by atoms with Crippen molar-refractivity contribution in [1.29, 1.82) is 0 Å². The molecule has 0 bridgehead atoms. The molecule has 6 heteroatoms. The number of para-hydroxylation sites is 1. The van der Waals surface area contributed by atoms with Gasteiger partial charge in [-0.25, -0.2) is 0 Å². The fraction of sp³-hybridized carbons (Fsp3) is 0.304. The number of nitrogens with zero attached hydrogens (tertiary/aromatic N) is 2. The van der Waals surface area contributed by atoms with Gasteiger partial charge in [0.15, 0.2) is 0 Å². The lowest BCUT2D eigenvalue weighted by atomic mass is 10.1. The van der Waals surface area contributed by atoms with Crippen LogP contribution in [-0.4, -0.2) is 39.1 Å². The standard InChI is InChI=1S/C23H25N3O3/c1-25-20-11-10-17(16-8-9-16)14-21(20)26(18-6-4-3-5-7-18)23(28)19(22(25)27)15-24-12-13-29-2/h3-7,10-11,14-16,24H,8-9,12-13H2,1-2H3/b19-15+. The lowest BCUT2D eigenvalue weighted by Gasteiger charge is -2.24. The third-order valence-electron chi connectivity index (χ3n) is 5.33. The van der Waals surface area contributed by atoms with Crippen molar-refractivity contribution >= 4 is 28.9 Å². The highest BCUT2D eigenvalue weighted by Gasteiger charge is 2.36. The Balaban J connectivity index is 1.83. The van der Waals surface area contributed by atoms with Crippen molar-refractivity contribution < 1.29 is 14.3 Å². The van der Waals surface area contributed by atoms with E-state index in [-0.39, 0.29) is 17.4 Å². The molecule has 1 aliphatic carbocycles. The highest BCUT2D eigenvalue weighted by atomic mass is 16.5. The van der Waals surface area contributed by atoms with Crippen LogP contribution in [0.1, 0.15) is 24.3 Å². The zero-order valence-electron chi connectivity index (χ0n) is 16.7. The number of carbonyl (C=O) groups is 2.